The van der Waals surface area contributed by atoms with Gasteiger partial charge < -0.3 is 5.11 Å². The number of fused-ring (bicyclic) bond motifs is 5. The summed E-state index contributed by atoms with van der Waals surface area (Å²) >= 11 is 0. The molecule has 4 fully saturated rings. The molecule has 0 bridgehead atoms. The summed E-state index contributed by atoms with van der Waals surface area (Å²) in [4.78, 5) is 0. The third-order valence-corrected chi connectivity index (χ3v) is 8.60. The van der Waals surface area contributed by atoms with Crippen molar-refractivity contribution < 1.29 is 5.11 Å². The molecule has 0 spiro atoms. The quantitative estimate of drug-likeness (QED) is 0.650. The molecular formula is C21H31NO. The van der Waals surface area contributed by atoms with Crippen molar-refractivity contribution in [2.75, 3.05) is 0 Å². The number of hydrogen-bond donors (Lipinski definition) is 1. The number of nitrogens with zero attached hydrogens (tertiary/aromatic N) is 1. The van der Waals surface area contributed by atoms with Crippen LogP contribution in [0, 0.1) is 45.8 Å². The van der Waals surface area contributed by atoms with Crippen LogP contribution in [0.25, 0.3) is 0 Å². The SMILES string of the molecule is CC12CC(O)C3C(CCC4CCCCC43C)C1CC/C2=C/C#N. The van der Waals surface area contributed by atoms with Crippen LogP contribution in [0.3, 0.4) is 0 Å². The molecule has 1 N–H and O–H groups in total. The van der Waals surface area contributed by atoms with Crippen molar-refractivity contribution in [2.24, 2.45) is 34.5 Å². The van der Waals surface area contributed by atoms with Gasteiger partial charge in [-0.3, -0.25) is 0 Å². The van der Waals surface area contributed by atoms with Crippen molar-refractivity contribution in [1.82, 2.24) is 0 Å². The van der Waals surface area contributed by atoms with Gasteiger partial charge in [0.1, 0.15) is 0 Å². The number of aliphatic hydroxyl groups is 1. The molecular weight excluding hydrogens is 282 g/mol. The van der Waals surface area contributed by atoms with Crippen LogP contribution in [0.2, 0.25) is 0 Å². The Morgan fingerprint density at radius 1 is 1.17 bits per heavy atom. The molecule has 7 atom stereocenters. The van der Waals surface area contributed by atoms with E-state index in [-0.39, 0.29) is 11.5 Å². The molecule has 0 aromatic rings. The van der Waals surface area contributed by atoms with E-state index in [1.54, 1.807) is 6.08 Å². The summed E-state index contributed by atoms with van der Waals surface area (Å²) in [7, 11) is 0. The first-order valence-electron chi connectivity index (χ1n) is 9.78. The number of nitriles is 1. The van der Waals surface area contributed by atoms with Gasteiger partial charge in [-0.1, -0.05) is 32.3 Å². The smallest absolute Gasteiger partial charge is 0.0911 e. The summed E-state index contributed by atoms with van der Waals surface area (Å²) in [6.07, 6.45) is 12.9. The van der Waals surface area contributed by atoms with Gasteiger partial charge in [-0.2, -0.15) is 5.26 Å². The van der Waals surface area contributed by atoms with E-state index in [0.29, 0.717) is 23.2 Å². The van der Waals surface area contributed by atoms with Crippen LogP contribution in [0.15, 0.2) is 11.6 Å². The Kier molecular flexibility index (Phi) is 3.65. The highest BCUT2D eigenvalue weighted by molar-refractivity contribution is 5.29. The maximum absolute atomic E-state index is 11.2. The second-order valence-electron chi connectivity index (χ2n) is 9.35. The number of aliphatic hydroxyl groups excluding tert-OH is 1. The van der Waals surface area contributed by atoms with Gasteiger partial charge in [-0.25, -0.2) is 0 Å². The highest BCUT2D eigenvalue weighted by atomic mass is 16.3. The van der Waals surface area contributed by atoms with Crippen LogP contribution < -0.4 is 0 Å². The average Bonchev–Trinajstić information content (AvgIpc) is 2.83. The molecule has 0 aliphatic heterocycles. The second kappa shape index (κ2) is 5.35. The molecule has 0 aromatic heterocycles. The molecule has 126 valence electrons. The van der Waals surface area contributed by atoms with Crippen LogP contribution in [0.4, 0.5) is 0 Å². The third kappa shape index (κ3) is 2.08. The zero-order valence-electron chi connectivity index (χ0n) is 14.7. The summed E-state index contributed by atoms with van der Waals surface area (Å²) < 4.78 is 0. The van der Waals surface area contributed by atoms with Gasteiger partial charge in [0.05, 0.1) is 12.2 Å². The highest BCUT2D eigenvalue weighted by Gasteiger charge is 2.61. The monoisotopic (exact) mass is 313 g/mol. The zero-order valence-corrected chi connectivity index (χ0v) is 14.7. The van der Waals surface area contributed by atoms with Crippen LogP contribution in [0.5, 0.6) is 0 Å². The lowest BCUT2D eigenvalue weighted by molar-refractivity contribution is -0.156. The molecule has 0 aromatic carbocycles. The molecule has 4 aliphatic carbocycles. The van der Waals surface area contributed by atoms with E-state index in [2.05, 4.69) is 19.9 Å². The maximum atomic E-state index is 11.2. The first kappa shape index (κ1) is 15.7. The summed E-state index contributed by atoms with van der Waals surface area (Å²) in [5.41, 5.74) is 1.76. The van der Waals surface area contributed by atoms with Gasteiger partial charge >= 0.3 is 0 Å². The van der Waals surface area contributed by atoms with Gasteiger partial charge in [0, 0.05) is 6.08 Å². The van der Waals surface area contributed by atoms with E-state index in [9.17, 15) is 5.11 Å². The summed E-state index contributed by atoms with van der Waals surface area (Å²) in [5.74, 6) is 2.70. The summed E-state index contributed by atoms with van der Waals surface area (Å²) in [6.45, 7) is 4.84. The first-order chi connectivity index (χ1) is 11.0. The van der Waals surface area contributed by atoms with E-state index < -0.39 is 0 Å². The molecule has 2 nitrogen and oxygen atoms in total. The van der Waals surface area contributed by atoms with E-state index in [1.807, 2.05) is 0 Å². The molecule has 0 radical (unpaired) electrons. The van der Waals surface area contributed by atoms with Crippen molar-refractivity contribution in [3.8, 4) is 6.07 Å². The van der Waals surface area contributed by atoms with Crippen molar-refractivity contribution in [1.29, 1.82) is 5.26 Å². The Balaban J connectivity index is 1.71. The Labute approximate surface area is 141 Å². The van der Waals surface area contributed by atoms with Crippen molar-refractivity contribution in [3.63, 3.8) is 0 Å². The number of rotatable bonds is 0. The standard InChI is InChI=1S/C21H31NO/c1-20-11-4-3-5-14(20)6-8-16-17-9-7-15(10-12-22)21(17,2)13-18(23)19(16)20/h10,14,16-19,23H,3-9,11,13H2,1-2H3/b15-10-. The predicted molar refractivity (Wildman–Crippen MR) is 91.4 cm³/mol. The van der Waals surface area contributed by atoms with Crippen molar-refractivity contribution in [3.05, 3.63) is 11.6 Å². The molecule has 0 saturated heterocycles. The number of hydrogen-bond acceptors (Lipinski definition) is 2. The van der Waals surface area contributed by atoms with E-state index >= 15 is 0 Å². The van der Waals surface area contributed by atoms with Gasteiger partial charge in [0.2, 0.25) is 0 Å². The first-order valence-corrected chi connectivity index (χ1v) is 9.78. The minimum absolute atomic E-state index is 0.0776. The van der Waals surface area contributed by atoms with Crippen molar-refractivity contribution >= 4 is 0 Å². The topological polar surface area (TPSA) is 44.0 Å². The molecule has 0 amide bonds. The third-order valence-electron chi connectivity index (χ3n) is 8.60. The summed E-state index contributed by atoms with van der Waals surface area (Å²) in [5, 5.41) is 20.3. The van der Waals surface area contributed by atoms with Crippen LogP contribution >= 0.6 is 0 Å². The molecule has 7 unspecified atom stereocenters. The molecule has 4 saturated carbocycles. The second-order valence-corrected chi connectivity index (χ2v) is 9.35. The lowest BCUT2D eigenvalue weighted by Crippen LogP contribution is -2.57. The highest BCUT2D eigenvalue weighted by Crippen LogP contribution is 2.67. The lowest BCUT2D eigenvalue weighted by atomic mass is 9.44. The summed E-state index contributed by atoms with van der Waals surface area (Å²) in [6, 6.07) is 2.26. The van der Waals surface area contributed by atoms with Gasteiger partial charge in [-0.15, -0.1) is 0 Å². The van der Waals surface area contributed by atoms with Crippen LogP contribution in [0.1, 0.15) is 71.6 Å². The average molecular weight is 313 g/mol. The van der Waals surface area contributed by atoms with E-state index in [0.717, 1.165) is 18.8 Å². The largest absolute Gasteiger partial charge is 0.393 e. The molecule has 23 heavy (non-hydrogen) atoms. The fourth-order valence-electron chi connectivity index (χ4n) is 7.58. The number of allylic oxidation sites excluding steroid dienone is 2. The fraction of sp³-hybridized carbons (Fsp3) is 0.857. The minimum atomic E-state index is -0.174. The Morgan fingerprint density at radius 2 is 2.00 bits per heavy atom. The van der Waals surface area contributed by atoms with Crippen molar-refractivity contribution in [2.45, 2.75) is 77.7 Å². The Morgan fingerprint density at radius 3 is 2.78 bits per heavy atom. The lowest BCUT2D eigenvalue weighted by Gasteiger charge is -2.61. The molecule has 0 heterocycles. The Hall–Kier alpha value is -0.810. The van der Waals surface area contributed by atoms with E-state index in [1.165, 1.54) is 50.5 Å². The van der Waals surface area contributed by atoms with Gasteiger partial charge in [-0.05, 0) is 79.4 Å². The van der Waals surface area contributed by atoms with Crippen LogP contribution in [-0.2, 0) is 0 Å². The zero-order chi connectivity index (χ0) is 16.2. The maximum Gasteiger partial charge on any atom is 0.0911 e. The Bertz CT molecular complexity index is 561. The normalized spacial score (nSPS) is 54.0. The van der Waals surface area contributed by atoms with Crippen LogP contribution in [-0.4, -0.2) is 11.2 Å². The molecule has 2 heteroatoms. The molecule has 4 rings (SSSR count). The fourth-order valence-corrected chi connectivity index (χ4v) is 7.58. The minimum Gasteiger partial charge on any atom is -0.393 e. The predicted octanol–water partition coefficient (Wildman–Crippen LogP) is 4.84. The molecule has 4 aliphatic rings. The van der Waals surface area contributed by atoms with Gasteiger partial charge in [0.25, 0.3) is 0 Å². The van der Waals surface area contributed by atoms with Gasteiger partial charge in [0.15, 0.2) is 0 Å². The van der Waals surface area contributed by atoms with E-state index in [4.69, 9.17) is 5.26 Å².